The fraction of sp³-hybridized carbons (Fsp3) is 0.167. The highest BCUT2D eigenvalue weighted by molar-refractivity contribution is 7.80. The Hall–Kier alpha value is -1.39. The molecule has 5 heteroatoms. The smallest absolute Gasteiger partial charge is 0.103 e. The van der Waals surface area contributed by atoms with E-state index >= 15 is 0 Å². The molecule has 2 rings (SSSR count). The van der Waals surface area contributed by atoms with Crippen LogP contribution < -0.4 is 5.73 Å². The van der Waals surface area contributed by atoms with Gasteiger partial charge in [-0.05, 0) is 12.5 Å². The highest BCUT2D eigenvalue weighted by Gasteiger charge is 2.03. The first kappa shape index (κ1) is 12.1. The van der Waals surface area contributed by atoms with E-state index in [1.54, 1.807) is 0 Å². The average Bonchev–Trinajstić information content (AvgIpc) is 2.58. The molecule has 0 bridgehead atoms. The molecule has 0 unspecified atom stereocenters. The molecule has 1 aromatic carbocycles. The van der Waals surface area contributed by atoms with Crippen LogP contribution in [0.1, 0.15) is 16.8 Å². The van der Waals surface area contributed by atoms with E-state index in [1.807, 2.05) is 42.1 Å². The van der Waals surface area contributed by atoms with E-state index in [2.05, 4.69) is 5.10 Å². The number of halogens is 1. The summed E-state index contributed by atoms with van der Waals surface area (Å²) in [6.07, 6.45) is 1.82. The summed E-state index contributed by atoms with van der Waals surface area (Å²) in [5, 5.41) is 4.98. The van der Waals surface area contributed by atoms with Gasteiger partial charge in [-0.2, -0.15) is 5.10 Å². The molecule has 0 radical (unpaired) electrons. The van der Waals surface area contributed by atoms with Gasteiger partial charge in [0.05, 0.1) is 17.3 Å². The molecule has 3 nitrogen and oxygen atoms in total. The van der Waals surface area contributed by atoms with Crippen LogP contribution in [0.3, 0.4) is 0 Å². The van der Waals surface area contributed by atoms with Gasteiger partial charge in [0, 0.05) is 11.8 Å². The lowest BCUT2D eigenvalue weighted by atomic mass is 10.1. The molecule has 0 amide bonds. The maximum absolute atomic E-state index is 5.95. The Morgan fingerprint density at radius 2 is 2.06 bits per heavy atom. The number of aryl methyl sites for hydroxylation is 1. The number of thiocarbonyl (C=S) groups is 1. The van der Waals surface area contributed by atoms with Crippen molar-refractivity contribution in [1.82, 2.24) is 9.78 Å². The van der Waals surface area contributed by atoms with Crippen LogP contribution in [0.25, 0.3) is 0 Å². The first-order valence-corrected chi connectivity index (χ1v) is 5.93. The molecule has 0 aliphatic rings. The molecule has 2 N–H and O–H groups in total. The molecule has 0 aliphatic carbocycles. The largest absolute Gasteiger partial charge is 0.389 e. The van der Waals surface area contributed by atoms with Gasteiger partial charge >= 0.3 is 0 Å². The van der Waals surface area contributed by atoms with Crippen molar-refractivity contribution in [3.8, 4) is 0 Å². The summed E-state index contributed by atoms with van der Waals surface area (Å²) >= 11 is 10.8. The zero-order valence-corrected chi connectivity index (χ0v) is 10.9. The highest BCUT2D eigenvalue weighted by atomic mass is 35.5. The number of benzene rings is 1. The lowest BCUT2D eigenvalue weighted by Crippen LogP contribution is -2.09. The van der Waals surface area contributed by atoms with E-state index in [0.29, 0.717) is 16.6 Å². The minimum Gasteiger partial charge on any atom is -0.389 e. The Bertz CT molecular complexity index is 526. The van der Waals surface area contributed by atoms with Crippen LogP contribution in [0.15, 0.2) is 30.5 Å². The minimum absolute atomic E-state index is 0.412. The number of hydrogen-bond acceptors (Lipinski definition) is 2. The summed E-state index contributed by atoms with van der Waals surface area (Å²) in [7, 11) is 0. The first-order chi connectivity index (χ1) is 8.06. The fourth-order valence-corrected chi connectivity index (χ4v) is 1.82. The van der Waals surface area contributed by atoms with Crippen LogP contribution in [-0.4, -0.2) is 14.8 Å². The Balaban J connectivity index is 2.16. The van der Waals surface area contributed by atoms with Gasteiger partial charge in [0.15, 0.2) is 0 Å². The third-order valence-corrected chi connectivity index (χ3v) is 3.08. The van der Waals surface area contributed by atoms with E-state index in [0.717, 1.165) is 16.8 Å². The van der Waals surface area contributed by atoms with Gasteiger partial charge in [0.1, 0.15) is 4.99 Å². The van der Waals surface area contributed by atoms with Crippen molar-refractivity contribution < 1.29 is 0 Å². The number of nitrogens with two attached hydrogens (primary N) is 1. The van der Waals surface area contributed by atoms with Crippen molar-refractivity contribution in [3.63, 3.8) is 0 Å². The highest BCUT2D eigenvalue weighted by Crippen LogP contribution is 2.13. The van der Waals surface area contributed by atoms with E-state index in [-0.39, 0.29) is 0 Å². The molecule has 0 atom stereocenters. The predicted molar refractivity (Wildman–Crippen MR) is 73.4 cm³/mol. The van der Waals surface area contributed by atoms with Crippen LogP contribution in [0.5, 0.6) is 0 Å². The van der Waals surface area contributed by atoms with Crippen molar-refractivity contribution in [3.05, 3.63) is 52.3 Å². The second kappa shape index (κ2) is 4.85. The van der Waals surface area contributed by atoms with E-state index < -0.39 is 0 Å². The van der Waals surface area contributed by atoms with Crippen LogP contribution in [0, 0.1) is 6.92 Å². The number of hydrogen-bond donors (Lipinski definition) is 1. The molecule has 0 spiro atoms. The predicted octanol–water partition coefficient (Wildman–Crippen LogP) is 2.53. The van der Waals surface area contributed by atoms with E-state index in [1.165, 1.54) is 0 Å². The summed E-state index contributed by atoms with van der Waals surface area (Å²) in [5.41, 5.74) is 8.38. The summed E-state index contributed by atoms with van der Waals surface area (Å²) in [6.45, 7) is 2.57. The molecule has 2 aromatic rings. The van der Waals surface area contributed by atoms with Gasteiger partial charge in [-0.15, -0.1) is 0 Å². The van der Waals surface area contributed by atoms with Crippen molar-refractivity contribution in [2.75, 3.05) is 0 Å². The van der Waals surface area contributed by atoms with Gasteiger partial charge in [0.25, 0.3) is 0 Å². The zero-order chi connectivity index (χ0) is 12.4. The number of nitrogens with zero attached hydrogens (tertiary/aromatic N) is 2. The Morgan fingerprint density at radius 3 is 2.53 bits per heavy atom. The van der Waals surface area contributed by atoms with Crippen LogP contribution in [-0.2, 0) is 6.54 Å². The molecular weight excluding hydrogens is 254 g/mol. The number of rotatable bonds is 3. The minimum atomic E-state index is 0.412. The van der Waals surface area contributed by atoms with Gasteiger partial charge in [-0.3, -0.25) is 4.68 Å². The molecule has 1 heterocycles. The van der Waals surface area contributed by atoms with E-state index in [4.69, 9.17) is 29.6 Å². The molecule has 0 saturated heterocycles. The summed E-state index contributed by atoms with van der Waals surface area (Å²) < 4.78 is 1.81. The van der Waals surface area contributed by atoms with Crippen LogP contribution >= 0.6 is 23.8 Å². The van der Waals surface area contributed by atoms with Gasteiger partial charge in [0.2, 0.25) is 0 Å². The van der Waals surface area contributed by atoms with Crippen molar-refractivity contribution in [2.24, 2.45) is 5.73 Å². The SMILES string of the molecule is Cc1nn(Cc2ccc(C(N)=S)cc2)cc1Cl. The second-order valence-corrected chi connectivity index (χ2v) is 4.67. The summed E-state index contributed by atoms with van der Waals surface area (Å²) in [5.74, 6) is 0. The van der Waals surface area contributed by atoms with Crippen LogP contribution in [0.2, 0.25) is 5.02 Å². The van der Waals surface area contributed by atoms with Crippen LogP contribution in [0.4, 0.5) is 0 Å². The molecule has 1 aromatic heterocycles. The maximum atomic E-state index is 5.95. The lowest BCUT2D eigenvalue weighted by Gasteiger charge is -2.03. The fourth-order valence-electron chi connectivity index (χ4n) is 1.54. The normalized spacial score (nSPS) is 10.5. The molecule has 0 aliphatic heterocycles. The van der Waals surface area contributed by atoms with Crippen molar-refractivity contribution >= 4 is 28.8 Å². The Morgan fingerprint density at radius 1 is 1.41 bits per heavy atom. The quantitative estimate of drug-likeness (QED) is 0.868. The topological polar surface area (TPSA) is 43.8 Å². The van der Waals surface area contributed by atoms with Crippen molar-refractivity contribution in [2.45, 2.75) is 13.5 Å². The van der Waals surface area contributed by atoms with Crippen molar-refractivity contribution in [1.29, 1.82) is 0 Å². The third kappa shape index (κ3) is 2.84. The third-order valence-electron chi connectivity index (χ3n) is 2.47. The zero-order valence-electron chi connectivity index (χ0n) is 9.35. The lowest BCUT2D eigenvalue weighted by molar-refractivity contribution is 0.679. The van der Waals surface area contributed by atoms with Gasteiger partial charge in [-0.1, -0.05) is 48.1 Å². The summed E-state index contributed by atoms with van der Waals surface area (Å²) in [4.78, 5) is 0.412. The molecule has 88 valence electrons. The molecule has 0 saturated carbocycles. The second-order valence-electron chi connectivity index (χ2n) is 3.82. The van der Waals surface area contributed by atoms with E-state index in [9.17, 15) is 0 Å². The standard InChI is InChI=1S/C12H12ClN3S/c1-8-11(13)7-16(15-8)6-9-2-4-10(5-3-9)12(14)17/h2-5,7H,6H2,1H3,(H2,14,17). The Kier molecular flexibility index (Phi) is 3.45. The monoisotopic (exact) mass is 265 g/mol. The van der Waals surface area contributed by atoms with Gasteiger partial charge < -0.3 is 5.73 Å². The molecular formula is C12H12ClN3S. The molecule has 17 heavy (non-hydrogen) atoms. The maximum Gasteiger partial charge on any atom is 0.103 e. The van der Waals surface area contributed by atoms with Gasteiger partial charge in [-0.25, -0.2) is 0 Å². The molecule has 0 fully saturated rings. The average molecular weight is 266 g/mol. The first-order valence-electron chi connectivity index (χ1n) is 5.14. The summed E-state index contributed by atoms with van der Waals surface area (Å²) in [6, 6.07) is 7.80. The number of aromatic nitrogens is 2. The Labute approximate surface area is 110 Å².